The molecule has 0 spiro atoms. The van der Waals surface area contributed by atoms with Crippen LogP contribution in [0.25, 0.3) is 10.8 Å². The first-order chi connectivity index (χ1) is 13.1. The standard InChI is InChI=1S/C21H22INO4.ClH/c1-5-27-19-7-6-16-17(20(19)22)11-23-12-18(16)21(26-4)13-8-14(24-2)10-15(9-13)25-3;/h6-12,21H,5H2,1-4H3;1H. The largest absolute Gasteiger partial charge is 0.497 e. The van der Waals surface area contributed by atoms with E-state index >= 15 is 0 Å². The number of ether oxygens (including phenoxy) is 4. The highest BCUT2D eigenvalue weighted by molar-refractivity contribution is 14.1. The fourth-order valence-electron chi connectivity index (χ4n) is 3.11. The van der Waals surface area contributed by atoms with Gasteiger partial charge in [0.2, 0.25) is 0 Å². The van der Waals surface area contributed by atoms with Crippen LogP contribution in [0.3, 0.4) is 0 Å². The Balaban J connectivity index is 0.00000280. The molecule has 0 saturated carbocycles. The summed E-state index contributed by atoms with van der Waals surface area (Å²) in [6, 6.07) is 9.80. The second-order valence-electron chi connectivity index (χ2n) is 5.90. The molecular formula is C21H23ClINO4. The highest BCUT2D eigenvalue weighted by atomic mass is 127. The van der Waals surface area contributed by atoms with Gasteiger partial charge in [-0.15, -0.1) is 12.4 Å². The molecule has 0 aliphatic heterocycles. The molecule has 1 heterocycles. The molecule has 3 rings (SSSR count). The molecule has 150 valence electrons. The van der Waals surface area contributed by atoms with Crippen LogP contribution in [0.5, 0.6) is 17.2 Å². The SMILES string of the molecule is CCOc1ccc2c(C(OC)c3cc(OC)cc(OC)c3)cncc2c1I.Cl. The molecule has 1 unspecified atom stereocenters. The van der Waals surface area contributed by atoms with E-state index in [1.807, 2.05) is 43.6 Å². The lowest BCUT2D eigenvalue weighted by Gasteiger charge is -2.20. The van der Waals surface area contributed by atoms with Gasteiger partial charge in [0.1, 0.15) is 23.4 Å². The van der Waals surface area contributed by atoms with Gasteiger partial charge in [-0.1, -0.05) is 6.07 Å². The van der Waals surface area contributed by atoms with Gasteiger partial charge in [-0.3, -0.25) is 4.98 Å². The zero-order valence-corrected chi connectivity index (χ0v) is 19.2. The first-order valence-corrected chi connectivity index (χ1v) is 9.65. The van der Waals surface area contributed by atoms with E-state index in [2.05, 4.69) is 33.6 Å². The predicted molar refractivity (Wildman–Crippen MR) is 121 cm³/mol. The van der Waals surface area contributed by atoms with E-state index in [1.165, 1.54) is 0 Å². The van der Waals surface area contributed by atoms with Gasteiger partial charge in [-0.2, -0.15) is 0 Å². The maximum absolute atomic E-state index is 5.86. The van der Waals surface area contributed by atoms with E-state index in [0.29, 0.717) is 18.1 Å². The lowest BCUT2D eigenvalue weighted by Crippen LogP contribution is -2.06. The van der Waals surface area contributed by atoms with Crippen LogP contribution in [-0.2, 0) is 4.74 Å². The normalized spacial score (nSPS) is 11.6. The first-order valence-electron chi connectivity index (χ1n) is 8.57. The van der Waals surface area contributed by atoms with E-state index in [1.54, 1.807) is 21.3 Å². The summed E-state index contributed by atoms with van der Waals surface area (Å²) in [6.45, 7) is 2.60. The number of pyridine rings is 1. The molecule has 1 atom stereocenters. The predicted octanol–water partition coefficient (Wildman–Crippen LogP) is 5.41. The number of aromatic nitrogens is 1. The molecule has 3 aromatic rings. The minimum atomic E-state index is -0.307. The lowest BCUT2D eigenvalue weighted by molar-refractivity contribution is 0.137. The molecule has 0 fully saturated rings. The lowest BCUT2D eigenvalue weighted by atomic mass is 9.97. The van der Waals surface area contributed by atoms with Crippen molar-refractivity contribution in [2.45, 2.75) is 13.0 Å². The second kappa shape index (κ2) is 10.1. The van der Waals surface area contributed by atoms with Crippen molar-refractivity contribution in [3.8, 4) is 17.2 Å². The molecule has 2 aromatic carbocycles. The average molecular weight is 516 g/mol. The third-order valence-electron chi connectivity index (χ3n) is 4.37. The fourth-order valence-corrected chi connectivity index (χ4v) is 3.88. The van der Waals surface area contributed by atoms with Crippen LogP contribution >= 0.6 is 35.0 Å². The number of benzene rings is 2. The smallest absolute Gasteiger partial charge is 0.133 e. The van der Waals surface area contributed by atoms with E-state index in [9.17, 15) is 0 Å². The minimum Gasteiger partial charge on any atom is -0.497 e. The second-order valence-corrected chi connectivity index (χ2v) is 6.98. The Morgan fingerprint density at radius 1 is 0.964 bits per heavy atom. The number of hydrogen-bond acceptors (Lipinski definition) is 5. The molecule has 0 saturated heterocycles. The number of fused-ring (bicyclic) bond motifs is 1. The maximum atomic E-state index is 5.86. The summed E-state index contributed by atoms with van der Waals surface area (Å²) in [5, 5.41) is 2.11. The minimum absolute atomic E-state index is 0. The highest BCUT2D eigenvalue weighted by Crippen LogP contribution is 2.37. The average Bonchev–Trinajstić information content (AvgIpc) is 2.70. The van der Waals surface area contributed by atoms with Crippen LogP contribution in [0.2, 0.25) is 0 Å². The number of hydrogen-bond donors (Lipinski definition) is 0. The van der Waals surface area contributed by atoms with Gasteiger partial charge in [0, 0.05) is 36.5 Å². The summed E-state index contributed by atoms with van der Waals surface area (Å²) in [6.07, 6.45) is 3.40. The summed E-state index contributed by atoms with van der Waals surface area (Å²) in [5.41, 5.74) is 1.91. The fraction of sp³-hybridized carbons (Fsp3) is 0.286. The molecular weight excluding hydrogens is 493 g/mol. The number of halogens is 2. The van der Waals surface area contributed by atoms with Crippen molar-refractivity contribution in [2.75, 3.05) is 27.9 Å². The Labute approximate surface area is 184 Å². The Morgan fingerprint density at radius 2 is 1.64 bits per heavy atom. The van der Waals surface area contributed by atoms with E-state index in [4.69, 9.17) is 18.9 Å². The molecule has 0 aliphatic rings. The van der Waals surface area contributed by atoms with Crippen molar-refractivity contribution in [3.05, 3.63) is 57.4 Å². The van der Waals surface area contributed by atoms with Crippen molar-refractivity contribution in [3.63, 3.8) is 0 Å². The number of nitrogens with zero attached hydrogens (tertiary/aromatic N) is 1. The van der Waals surface area contributed by atoms with Crippen LogP contribution in [0.4, 0.5) is 0 Å². The summed E-state index contributed by atoms with van der Waals surface area (Å²) in [7, 11) is 4.96. The van der Waals surface area contributed by atoms with Crippen LogP contribution < -0.4 is 14.2 Å². The van der Waals surface area contributed by atoms with E-state index in [0.717, 1.165) is 31.2 Å². The van der Waals surface area contributed by atoms with Gasteiger partial charge >= 0.3 is 0 Å². The molecule has 0 radical (unpaired) electrons. The molecule has 0 aliphatic carbocycles. The maximum Gasteiger partial charge on any atom is 0.133 e. The summed E-state index contributed by atoms with van der Waals surface area (Å²) in [4.78, 5) is 4.45. The van der Waals surface area contributed by atoms with Crippen molar-refractivity contribution in [1.29, 1.82) is 0 Å². The molecule has 5 nitrogen and oxygen atoms in total. The quantitative estimate of drug-likeness (QED) is 0.394. The molecule has 0 N–H and O–H groups in total. The topological polar surface area (TPSA) is 49.8 Å². The molecule has 28 heavy (non-hydrogen) atoms. The Kier molecular flexibility index (Phi) is 8.15. The Hall–Kier alpha value is -1.77. The first kappa shape index (κ1) is 22.5. The Morgan fingerprint density at radius 3 is 2.21 bits per heavy atom. The van der Waals surface area contributed by atoms with Crippen molar-refractivity contribution < 1.29 is 18.9 Å². The summed E-state index contributed by atoms with van der Waals surface area (Å²) in [5.74, 6) is 2.29. The summed E-state index contributed by atoms with van der Waals surface area (Å²) >= 11 is 2.31. The monoisotopic (exact) mass is 515 g/mol. The highest BCUT2D eigenvalue weighted by Gasteiger charge is 2.20. The summed E-state index contributed by atoms with van der Waals surface area (Å²) < 4.78 is 23.4. The molecule has 0 bridgehead atoms. The van der Waals surface area contributed by atoms with Crippen LogP contribution in [0.15, 0.2) is 42.7 Å². The van der Waals surface area contributed by atoms with Gasteiger partial charge in [0.05, 0.1) is 24.4 Å². The van der Waals surface area contributed by atoms with Crippen molar-refractivity contribution in [1.82, 2.24) is 4.98 Å². The number of methoxy groups -OCH3 is 3. The molecule has 0 amide bonds. The van der Waals surface area contributed by atoms with Gasteiger partial charge in [-0.05, 0) is 58.7 Å². The molecule has 1 aromatic heterocycles. The van der Waals surface area contributed by atoms with Crippen LogP contribution in [-0.4, -0.2) is 32.9 Å². The zero-order chi connectivity index (χ0) is 19.4. The van der Waals surface area contributed by atoms with Gasteiger partial charge in [-0.25, -0.2) is 0 Å². The zero-order valence-electron chi connectivity index (χ0n) is 16.2. The Bertz CT molecular complexity index is 929. The van der Waals surface area contributed by atoms with E-state index < -0.39 is 0 Å². The van der Waals surface area contributed by atoms with E-state index in [-0.39, 0.29) is 18.5 Å². The van der Waals surface area contributed by atoms with Crippen LogP contribution in [0, 0.1) is 3.57 Å². The van der Waals surface area contributed by atoms with Crippen molar-refractivity contribution in [2.24, 2.45) is 0 Å². The van der Waals surface area contributed by atoms with Gasteiger partial charge in [0.15, 0.2) is 0 Å². The van der Waals surface area contributed by atoms with Crippen LogP contribution in [0.1, 0.15) is 24.2 Å². The van der Waals surface area contributed by atoms with Crippen molar-refractivity contribution >= 4 is 45.8 Å². The third-order valence-corrected chi connectivity index (χ3v) is 5.48. The molecule has 7 heteroatoms. The third kappa shape index (κ3) is 4.45. The van der Waals surface area contributed by atoms with Gasteiger partial charge in [0.25, 0.3) is 0 Å². The number of rotatable bonds is 7. The van der Waals surface area contributed by atoms with Gasteiger partial charge < -0.3 is 18.9 Å².